The van der Waals surface area contributed by atoms with Crippen molar-refractivity contribution in [1.29, 1.82) is 0 Å². The lowest BCUT2D eigenvalue weighted by molar-refractivity contribution is 0.120. The smallest absolute Gasteiger partial charge is 0.206 e. The number of hydrogen-bond donors (Lipinski definition) is 1. The van der Waals surface area contributed by atoms with E-state index in [-0.39, 0.29) is 11.9 Å². The summed E-state index contributed by atoms with van der Waals surface area (Å²) in [4.78, 5) is 9.76. The van der Waals surface area contributed by atoms with Crippen LogP contribution in [0.4, 0.5) is 9.52 Å². The van der Waals surface area contributed by atoms with Crippen molar-refractivity contribution >= 4 is 49.8 Å². The molecule has 0 unspecified atom stereocenters. The third-order valence-electron chi connectivity index (χ3n) is 4.59. The highest BCUT2D eigenvalue weighted by Crippen LogP contribution is 2.41. The van der Waals surface area contributed by atoms with Crippen LogP contribution >= 0.6 is 34.4 Å². The van der Waals surface area contributed by atoms with Crippen LogP contribution in [0.5, 0.6) is 0 Å². The molecule has 0 saturated carbocycles. The molecule has 0 bridgehead atoms. The molecule has 4 heterocycles. The maximum Gasteiger partial charge on any atom is 0.206 e. The fourth-order valence-corrected chi connectivity index (χ4v) is 5.94. The van der Waals surface area contributed by atoms with Crippen LogP contribution in [0.15, 0.2) is 45.3 Å². The van der Waals surface area contributed by atoms with Gasteiger partial charge in [-0.15, -0.1) is 21.5 Å². The second-order valence-electron chi connectivity index (χ2n) is 6.51. The lowest BCUT2D eigenvalue weighted by Crippen LogP contribution is -2.18. The molecular formula is C19H16FN5OS3. The summed E-state index contributed by atoms with van der Waals surface area (Å²) in [6.45, 7) is 1.58. The van der Waals surface area contributed by atoms with Crippen molar-refractivity contribution in [3.63, 3.8) is 0 Å². The molecule has 10 heteroatoms. The summed E-state index contributed by atoms with van der Waals surface area (Å²) < 4.78 is 19.7. The van der Waals surface area contributed by atoms with Crippen LogP contribution in [0, 0.1) is 5.82 Å². The number of hydrogen-bond acceptors (Lipinski definition) is 9. The second kappa shape index (κ2) is 8.31. The van der Waals surface area contributed by atoms with E-state index in [1.165, 1.54) is 35.2 Å². The van der Waals surface area contributed by atoms with Gasteiger partial charge < -0.3 is 10.1 Å². The first-order valence-corrected chi connectivity index (χ1v) is 11.6. The van der Waals surface area contributed by atoms with Crippen molar-refractivity contribution in [3.05, 3.63) is 41.8 Å². The van der Waals surface area contributed by atoms with Gasteiger partial charge in [-0.2, -0.15) is 0 Å². The Morgan fingerprint density at radius 3 is 2.93 bits per heavy atom. The number of benzene rings is 1. The molecule has 1 aliphatic heterocycles. The van der Waals surface area contributed by atoms with E-state index in [1.807, 2.05) is 5.38 Å². The van der Waals surface area contributed by atoms with E-state index in [0.717, 1.165) is 61.8 Å². The molecule has 0 amide bonds. The van der Waals surface area contributed by atoms with E-state index >= 15 is 0 Å². The Labute approximate surface area is 178 Å². The van der Waals surface area contributed by atoms with Gasteiger partial charge in [0.05, 0.1) is 11.5 Å². The Bertz CT molecular complexity index is 1120. The van der Waals surface area contributed by atoms with Gasteiger partial charge in [0, 0.05) is 24.1 Å². The van der Waals surface area contributed by atoms with Crippen molar-refractivity contribution < 1.29 is 9.13 Å². The maximum absolute atomic E-state index is 13.3. The van der Waals surface area contributed by atoms with Crippen molar-refractivity contribution in [2.24, 2.45) is 0 Å². The van der Waals surface area contributed by atoms with E-state index in [1.54, 1.807) is 29.8 Å². The number of ether oxygens (including phenoxy) is 1. The first-order valence-electron chi connectivity index (χ1n) is 9.11. The Morgan fingerprint density at radius 2 is 2.10 bits per heavy atom. The van der Waals surface area contributed by atoms with Crippen molar-refractivity contribution in [2.45, 2.75) is 28.3 Å². The number of halogens is 1. The highest BCUT2D eigenvalue weighted by atomic mass is 32.2. The number of aromatic nitrogens is 4. The minimum absolute atomic E-state index is 0.251. The number of nitrogens with zero attached hydrogens (tertiary/aromatic N) is 4. The number of rotatable bonds is 6. The largest absolute Gasteiger partial charge is 0.376 e. The first kappa shape index (κ1) is 18.9. The molecule has 1 saturated heterocycles. The summed E-state index contributed by atoms with van der Waals surface area (Å²) in [6.07, 6.45) is 4.01. The molecule has 29 heavy (non-hydrogen) atoms. The zero-order valence-corrected chi connectivity index (χ0v) is 17.6. The molecule has 1 aromatic carbocycles. The molecule has 6 nitrogen and oxygen atoms in total. The van der Waals surface area contributed by atoms with E-state index in [0.29, 0.717) is 0 Å². The minimum atomic E-state index is -0.254. The Hall–Kier alpha value is -2.14. The van der Waals surface area contributed by atoms with Gasteiger partial charge in [0.15, 0.2) is 4.34 Å². The van der Waals surface area contributed by atoms with Gasteiger partial charge in [-0.1, -0.05) is 23.5 Å². The van der Waals surface area contributed by atoms with Crippen LogP contribution in [0.2, 0.25) is 0 Å². The molecule has 0 aliphatic carbocycles. The first-order chi connectivity index (χ1) is 14.3. The van der Waals surface area contributed by atoms with Crippen molar-refractivity contribution in [3.8, 4) is 11.1 Å². The predicted molar refractivity (Wildman–Crippen MR) is 114 cm³/mol. The van der Waals surface area contributed by atoms with Crippen LogP contribution < -0.4 is 5.32 Å². The van der Waals surface area contributed by atoms with E-state index in [4.69, 9.17) is 4.74 Å². The van der Waals surface area contributed by atoms with Crippen molar-refractivity contribution in [1.82, 2.24) is 20.2 Å². The zero-order chi connectivity index (χ0) is 19.6. The molecule has 1 aliphatic rings. The summed E-state index contributed by atoms with van der Waals surface area (Å²) in [5.41, 5.74) is 1.93. The minimum Gasteiger partial charge on any atom is -0.376 e. The maximum atomic E-state index is 13.3. The lowest BCUT2D eigenvalue weighted by Gasteiger charge is -2.08. The van der Waals surface area contributed by atoms with Crippen LogP contribution in [-0.4, -0.2) is 39.4 Å². The third-order valence-corrected chi connectivity index (χ3v) is 7.41. The summed E-state index contributed by atoms with van der Waals surface area (Å²) in [5, 5.41) is 16.4. The fraction of sp³-hybridized carbons (Fsp3) is 0.263. The summed E-state index contributed by atoms with van der Waals surface area (Å²) in [6, 6.07) is 6.48. The molecule has 3 aromatic heterocycles. The lowest BCUT2D eigenvalue weighted by atomic mass is 10.1. The fourth-order valence-electron chi connectivity index (χ4n) is 3.18. The highest BCUT2D eigenvalue weighted by Gasteiger charge is 2.18. The molecule has 1 N–H and O–H groups in total. The normalized spacial score (nSPS) is 16.5. The second-order valence-corrected chi connectivity index (χ2v) is 9.58. The number of anilines is 1. The van der Waals surface area contributed by atoms with E-state index in [2.05, 4.69) is 25.5 Å². The molecule has 5 rings (SSSR count). The van der Waals surface area contributed by atoms with Gasteiger partial charge in [0.1, 0.15) is 22.0 Å². The topological polar surface area (TPSA) is 72.8 Å². The Morgan fingerprint density at radius 1 is 1.21 bits per heavy atom. The van der Waals surface area contributed by atoms with Gasteiger partial charge in [-0.05, 0) is 42.3 Å². The third kappa shape index (κ3) is 4.11. The van der Waals surface area contributed by atoms with Crippen LogP contribution in [0.3, 0.4) is 0 Å². The summed E-state index contributed by atoms with van der Waals surface area (Å²) in [5.74, 6) is -0.254. The highest BCUT2D eigenvalue weighted by molar-refractivity contribution is 8.01. The van der Waals surface area contributed by atoms with Gasteiger partial charge in [0.25, 0.3) is 0 Å². The quantitative estimate of drug-likeness (QED) is 0.414. The SMILES string of the molecule is Fc1ccc(-c2csc3ncnc(Sc4nnc(NC[C@H]5CCCO5)s4)c23)cc1. The molecular weight excluding hydrogens is 429 g/mol. The van der Waals surface area contributed by atoms with Gasteiger partial charge in [0.2, 0.25) is 5.13 Å². The molecule has 148 valence electrons. The Kier molecular flexibility index (Phi) is 5.40. The van der Waals surface area contributed by atoms with Gasteiger partial charge >= 0.3 is 0 Å². The van der Waals surface area contributed by atoms with Crippen LogP contribution in [0.1, 0.15) is 12.8 Å². The average molecular weight is 446 g/mol. The number of thiophene rings is 1. The molecule has 4 aromatic rings. The molecule has 0 radical (unpaired) electrons. The average Bonchev–Trinajstić information content (AvgIpc) is 3.48. The summed E-state index contributed by atoms with van der Waals surface area (Å²) >= 11 is 4.51. The van der Waals surface area contributed by atoms with E-state index in [9.17, 15) is 4.39 Å². The Balaban J connectivity index is 1.39. The number of fused-ring (bicyclic) bond motifs is 1. The van der Waals surface area contributed by atoms with Crippen LogP contribution in [-0.2, 0) is 4.74 Å². The van der Waals surface area contributed by atoms with E-state index < -0.39 is 0 Å². The predicted octanol–water partition coefficient (Wildman–Crippen LogP) is 5.09. The zero-order valence-electron chi connectivity index (χ0n) is 15.2. The molecule has 1 fully saturated rings. The van der Waals surface area contributed by atoms with Crippen LogP contribution in [0.25, 0.3) is 21.3 Å². The van der Waals surface area contributed by atoms with Crippen molar-refractivity contribution in [2.75, 3.05) is 18.5 Å². The molecule has 0 spiro atoms. The van der Waals surface area contributed by atoms with Gasteiger partial charge in [-0.3, -0.25) is 0 Å². The van der Waals surface area contributed by atoms with Gasteiger partial charge in [-0.25, -0.2) is 14.4 Å². The summed E-state index contributed by atoms with van der Waals surface area (Å²) in [7, 11) is 0. The monoisotopic (exact) mass is 445 g/mol. The number of nitrogens with one attached hydrogen (secondary N) is 1. The molecule has 1 atom stereocenters. The standard InChI is InChI=1S/C19H16FN5OS3/c20-12-5-3-11(4-6-12)14-9-27-16-15(14)17(23-10-22-16)28-19-25-24-18(29-19)21-8-13-2-1-7-26-13/h3-6,9-10,13H,1-2,7-8H2,(H,21,24)/t13-/m1/s1.